The van der Waals surface area contributed by atoms with Gasteiger partial charge in [-0.2, -0.15) is 4.68 Å². The van der Waals surface area contributed by atoms with Gasteiger partial charge in [0.25, 0.3) is 0 Å². The molecule has 0 aliphatic carbocycles. The lowest BCUT2D eigenvalue weighted by atomic mass is 10.3. The van der Waals surface area contributed by atoms with Crippen molar-refractivity contribution >= 4 is 17.7 Å². The predicted octanol–water partition coefficient (Wildman–Crippen LogP) is 0.899. The number of carbonyl (C=O) groups is 1. The van der Waals surface area contributed by atoms with Crippen LogP contribution < -0.4 is 10.1 Å². The van der Waals surface area contributed by atoms with Crippen molar-refractivity contribution in [2.45, 2.75) is 12.1 Å². The van der Waals surface area contributed by atoms with Gasteiger partial charge in [-0.1, -0.05) is 23.9 Å². The molecule has 1 aromatic heterocycles. The van der Waals surface area contributed by atoms with E-state index in [1.165, 1.54) is 11.8 Å². The summed E-state index contributed by atoms with van der Waals surface area (Å²) in [6, 6.07) is 7.49. The maximum absolute atomic E-state index is 11.3. The molecule has 1 N–H and O–H groups in total. The van der Waals surface area contributed by atoms with Gasteiger partial charge in [-0.25, -0.2) is 0 Å². The van der Waals surface area contributed by atoms with E-state index in [0.29, 0.717) is 17.5 Å². The Bertz CT molecular complexity index is 587. The van der Waals surface area contributed by atoms with Crippen LogP contribution in [0.15, 0.2) is 29.4 Å². The third-order valence-electron chi connectivity index (χ3n) is 2.45. The molecule has 0 radical (unpaired) electrons. The number of amides is 1. The van der Waals surface area contributed by atoms with E-state index in [-0.39, 0.29) is 11.7 Å². The minimum absolute atomic E-state index is 0.0809. The number of para-hydroxylation sites is 2. The van der Waals surface area contributed by atoms with Gasteiger partial charge in [0.2, 0.25) is 11.1 Å². The van der Waals surface area contributed by atoms with E-state index in [0.717, 1.165) is 5.69 Å². The first-order valence-electron chi connectivity index (χ1n) is 6.10. The number of aromatic nitrogens is 4. The van der Waals surface area contributed by atoms with E-state index in [1.807, 2.05) is 31.2 Å². The molecule has 0 saturated carbocycles. The molecule has 0 bridgehead atoms. The number of benzene rings is 1. The van der Waals surface area contributed by atoms with Crippen LogP contribution in [-0.4, -0.2) is 45.5 Å². The van der Waals surface area contributed by atoms with Gasteiger partial charge in [0.15, 0.2) is 0 Å². The highest BCUT2D eigenvalue weighted by molar-refractivity contribution is 7.99. The minimum atomic E-state index is -0.0809. The van der Waals surface area contributed by atoms with Gasteiger partial charge in [-0.3, -0.25) is 4.79 Å². The van der Waals surface area contributed by atoms with Crippen LogP contribution in [0, 0.1) is 0 Å². The molecule has 0 unspecified atom stereocenters. The molecule has 0 aliphatic rings. The highest BCUT2D eigenvalue weighted by atomic mass is 32.2. The predicted molar refractivity (Wildman–Crippen MR) is 75.1 cm³/mol. The summed E-state index contributed by atoms with van der Waals surface area (Å²) in [6.45, 7) is 2.47. The molecular formula is C12H15N5O2S. The molecule has 1 amide bonds. The molecule has 1 heterocycles. The fourth-order valence-electron chi connectivity index (χ4n) is 1.53. The van der Waals surface area contributed by atoms with Crippen LogP contribution in [-0.2, 0) is 4.79 Å². The molecular weight excluding hydrogens is 278 g/mol. The van der Waals surface area contributed by atoms with Crippen molar-refractivity contribution in [1.82, 2.24) is 25.5 Å². The first kappa shape index (κ1) is 14.3. The molecule has 7 nitrogen and oxygen atoms in total. The van der Waals surface area contributed by atoms with Crippen LogP contribution in [0.2, 0.25) is 0 Å². The van der Waals surface area contributed by atoms with E-state index < -0.39 is 0 Å². The van der Waals surface area contributed by atoms with Gasteiger partial charge in [-0.05, 0) is 29.5 Å². The molecule has 0 fully saturated rings. The Balaban J connectivity index is 2.25. The summed E-state index contributed by atoms with van der Waals surface area (Å²) in [5.74, 6) is 0.875. The number of hydrogen-bond donors (Lipinski definition) is 1. The molecule has 0 spiro atoms. The Morgan fingerprint density at radius 1 is 1.45 bits per heavy atom. The van der Waals surface area contributed by atoms with E-state index >= 15 is 0 Å². The van der Waals surface area contributed by atoms with Crippen LogP contribution in [0.25, 0.3) is 5.69 Å². The third-order valence-corrected chi connectivity index (χ3v) is 3.36. The van der Waals surface area contributed by atoms with Crippen molar-refractivity contribution in [1.29, 1.82) is 0 Å². The van der Waals surface area contributed by atoms with Gasteiger partial charge in [0, 0.05) is 7.05 Å². The lowest BCUT2D eigenvalue weighted by molar-refractivity contribution is -0.118. The summed E-state index contributed by atoms with van der Waals surface area (Å²) in [4.78, 5) is 11.3. The molecule has 20 heavy (non-hydrogen) atoms. The molecule has 1 aromatic carbocycles. The van der Waals surface area contributed by atoms with Gasteiger partial charge >= 0.3 is 0 Å². The van der Waals surface area contributed by atoms with Gasteiger partial charge in [-0.15, -0.1) is 5.10 Å². The first-order chi connectivity index (χ1) is 9.76. The number of nitrogens with one attached hydrogen (secondary N) is 1. The Labute approximate surface area is 120 Å². The maximum atomic E-state index is 11.3. The van der Waals surface area contributed by atoms with E-state index in [2.05, 4.69) is 20.8 Å². The van der Waals surface area contributed by atoms with Crippen LogP contribution in [0.4, 0.5) is 0 Å². The lowest BCUT2D eigenvalue weighted by Crippen LogP contribution is -2.20. The van der Waals surface area contributed by atoms with Crippen molar-refractivity contribution in [3.05, 3.63) is 24.3 Å². The Hall–Kier alpha value is -2.09. The molecule has 2 rings (SSSR count). The zero-order chi connectivity index (χ0) is 14.4. The number of ether oxygens (including phenoxy) is 1. The lowest BCUT2D eigenvalue weighted by Gasteiger charge is -2.10. The van der Waals surface area contributed by atoms with Gasteiger partial charge < -0.3 is 10.1 Å². The van der Waals surface area contributed by atoms with E-state index in [9.17, 15) is 4.79 Å². The topological polar surface area (TPSA) is 81.9 Å². The quantitative estimate of drug-likeness (QED) is 0.797. The summed E-state index contributed by atoms with van der Waals surface area (Å²) in [7, 11) is 1.59. The summed E-state index contributed by atoms with van der Waals surface area (Å²) in [5.41, 5.74) is 0.749. The summed E-state index contributed by atoms with van der Waals surface area (Å²) >= 11 is 1.27. The number of carbonyl (C=O) groups excluding carboxylic acids is 1. The second kappa shape index (κ2) is 6.90. The largest absolute Gasteiger partial charge is 0.492 e. The van der Waals surface area contributed by atoms with Crippen LogP contribution in [0.1, 0.15) is 6.92 Å². The molecule has 0 aliphatic heterocycles. The molecule has 8 heteroatoms. The zero-order valence-corrected chi connectivity index (χ0v) is 12.1. The summed E-state index contributed by atoms with van der Waals surface area (Å²) in [5, 5.41) is 14.6. The zero-order valence-electron chi connectivity index (χ0n) is 11.2. The van der Waals surface area contributed by atoms with Gasteiger partial charge in [0.05, 0.1) is 12.4 Å². The monoisotopic (exact) mass is 293 g/mol. The second-order valence-corrected chi connectivity index (χ2v) is 4.68. The van der Waals surface area contributed by atoms with Gasteiger partial charge in [0.1, 0.15) is 11.4 Å². The third kappa shape index (κ3) is 3.27. The minimum Gasteiger partial charge on any atom is -0.492 e. The number of tetrazole rings is 1. The fourth-order valence-corrected chi connectivity index (χ4v) is 2.29. The van der Waals surface area contributed by atoms with Crippen molar-refractivity contribution in [2.24, 2.45) is 0 Å². The molecule has 0 saturated heterocycles. The highest BCUT2D eigenvalue weighted by Crippen LogP contribution is 2.25. The van der Waals surface area contributed by atoms with Crippen molar-refractivity contribution in [3.63, 3.8) is 0 Å². The number of thioether (sulfide) groups is 1. The molecule has 0 atom stereocenters. The van der Waals surface area contributed by atoms with Crippen LogP contribution in [0.3, 0.4) is 0 Å². The van der Waals surface area contributed by atoms with Crippen molar-refractivity contribution in [3.8, 4) is 11.4 Å². The van der Waals surface area contributed by atoms with E-state index in [4.69, 9.17) is 4.74 Å². The number of hydrogen-bond acceptors (Lipinski definition) is 6. The average molecular weight is 293 g/mol. The van der Waals surface area contributed by atoms with Crippen molar-refractivity contribution < 1.29 is 9.53 Å². The Morgan fingerprint density at radius 2 is 2.25 bits per heavy atom. The number of rotatable bonds is 6. The van der Waals surface area contributed by atoms with Crippen LogP contribution in [0.5, 0.6) is 5.75 Å². The number of nitrogens with zero attached hydrogens (tertiary/aromatic N) is 4. The first-order valence-corrected chi connectivity index (χ1v) is 7.08. The normalized spacial score (nSPS) is 10.3. The molecule has 106 valence electrons. The maximum Gasteiger partial charge on any atom is 0.230 e. The highest BCUT2D eigenvalue weighted by Gasteiger charge is 2.14. The smallest absolute Gasteiger partial charge is 0.230 e. The molecule has 2 aromatic rings. The fraction of sp³-hybridized carbons (Fsp3) is 0.333. The van der Waals surface area contributed by atoms with Crippen LogP contribution >= 0.6 is 11.8 Å². The van der Waals surface area contributed by atoms with E-state index in [1.54, 1.807) is 11.7 Å². The Morgan fingerprint density at radius 3 is 3.00 bits per heavy atom. The second-order valence-electron chi connectivity index (χ2n) is 3.74. The van der Waals surface area contributed by atoms with Crippen molar-refractivity contribution in [2.75, 3.05) is 19.4 Å². The SMILES string of the molecule is CCOc1ccccc1-n1nnnc1SCC(=O)NC. The average Bonchev–Trinajstić information content (AvgIpc) is 2.94. The Kier molecular flexibility index (Phi) is 4.94. The summed E-state index contributed by atoms with van der Waals surface area (Å²) in [6.07, 6.45) is 0. The summed E-state index contributed by atoms with van der Waals surface area (Å²) < 4.78 is 7.13. The standard InChI is InChI=1S/C12H15N5O2S/c1-3-19-10-7-5-4-6-9(10)17-12(14-15-16-17)20-8-11(18)13-2/h4-7H,3,8H2,1-2H3,(H,13,18).